The monoisotopic (exact) mass is 173 g/mol. The molecule has 0 heterocycles. The minimum absolute atomic E-state index is 0. The van der Waals surface area contributed by atoms with Gasteiger partial charge in [-0.25, -0.2) is 0 Å². The fourth-order valence-corrected chi connectivity index (χ4v) is 0. The minimum atomic E-state index is 0. The molecule has 0 aliphatic rings. The molecule has 0 aromatic rings. The zero-order valence-electron chi connectivity index (χ0n) is 7.86. The molecule has 0 aliphatic heterocycles. The number of rotatable bonds is 1. The van der Waals surface area contributed by atoms with E-state index in [1.807, 2.05) is 39.8 Å². The molecule has 1 heteroatoms. The highest BCUT2D eigenvalue weighted by atomic mass is 15.1. The summed E-state index contributed by atoms with van der Waals surface area (Å²) in [5.41, 5.74) is 2.26. The van der Waals surface area contributed by atoms with Crippen LogP contribution in [0.25, 0.3) is 0 Å². The van der Waals surface area contributed by atoms with Gasteiger partial charge >= 0.3 is 0 Å². The summed E-state index contributed by atoms with van der Waals surface area (Å²) in [6.45, 7) is 13.2. The predicted octanol–water partition coefficient (Wildman–Crippen LogP) is 3.94. The van der Waals surface area contributed by atoms with Crippen LogP contribution in [-0.2, 0) is 0 Å². The van der Waals surface area contributed by atoms with Crippen LogP contribution in [0.1, 0.15) is 35.6 Å². The molecule has 1 nitrogen and oxygen atoms in total. The second kappa shape index (κ2) is 12.9. The van der Waals surface area contributed by atoms with Crippen LogP contribution >= 0.6 is 0 Å². The van der Waals surface area contributed by atoms with Gasteiger partial charge in [-0.15, -0.1) is 6.58 Å². The largest absolute Gasteiger partial charge is 0.382 e. The lowest BCUT2D eigenvalue weighted by Gasteiger charge is -2.08. The molecule has 0 aromatic carbocycles. The summed E-state index contributed by atoms with van der Waals surface area (Å²) < 4.78 is 0. The van der Waals surface area contributed by atoms with Crippen molar-refractivity contribution in [2.45, 2.75) is 35.6 Å². The van der Waals surface area contributed by atoms with Gasteiger partial charge in [0.25, 0.3) is 0 Å². The highest BCUT2D eigenvalue weighted by Crippen LogP contribution is 1.86. The van der Waals surface area contributed by atoms with E-state index in [4.69, 9.17) is 0 Å². The van der Waals surface area contributed by atoms with Gasteiger partial charge in [-0.2, -0.15) is 0 Å². The van der Waals surface area contributed by atoms with Crippen molar-refractivity contribution >= 4 is 0 Å². The van der Waals surface area contributed by atoms with E-state index in [0.29, 0.717) is 0 Å². The maximum absolute atomic E-state index is 3.68. The Kier molecular flexibility index (Phi) is 24.2. The molecule has 0 N–H and O–H groups in total. The fraction of sp³-hybridized carbons (Fsp3) is 0.636. The van der Waals surface area contributed by atoms with E-state index < -0.39 is 0 Å². The van der Waals surface area contributed by atoms with Crippen molar-refractivity contribution < 1.29 is 0 Å². The van der Waals surface area contributed by atoms with Gasteiger partial charge in [0, 0.05) is 19.8 Å². The van der Waals surface area contributed by atoms with Crippen LogP contribution in [0.5, 0.6) is 0 Å². The average Bonchev–Trinajstić information content (AvgIpc) is 1.63. The van der Waals surface area contributed by atoms with E-state index >= 15 is 0 Å². The van der Waals surface area contributed by atoms with Gasteiger partial charge in [-0.3, -0.25) is 0 Å². The van der Waals surface area contributed by atoms with Gasteiger partial charge < -0.3 is 4.90 Å². The molecule has 0 aliphatic carbocycles. The molecule has 0 saturated heterocycles. The third-order valence-corrected chi connectivity index (χ3v) is 0.763. The molecule has 0 fully saturated rings. The maximum atomic E-state index is 3.68. The van der Waals surface area contributed by atoms with Gasteiger partial charge in [0.05, 0.1) is 0 Å². The smallest absolute Gasteiger partial charge is 0.00578 e. The van der Waals surface area contributed by atoms with Crippen molar-refractivity contribution in [3.8, 4) is 0 Å². The molecular weight excluding hydrogens is 146 g/mol. The summed E-state index contributed by atoms with van der Waals surface area (Å²) >= 11 is 0. The van der Waals surface area contributed by atoms with E-state index in [1.165, 1.54) is 5.57 Å². The highest BCUT2D eigenvalue weighted by molar-refractivity contribution is 4.82. The summed E-state index contributed by atoms with van der Waals surface area (Å²) in [7, 11) is 3.95. The Bertz CT molecular complexity index is 108. The fourth-order valence-electron chi connectivity index (χ4n) is 0. The van der Waals surface area contributed by atoms with Crippen LogP contribution in [0.15, 0.2) is 24.4 Å². The maximum Gasteiger partial charge on any atom is 0.00578 e. The summed E-state index contributed by atoms with van der Waals surface area (Å²) in [5.74, 6) is 0. The van der Waals surface area contributed by atoms with Crippen molar-refractivity contribution in [1.29, 1.82) is 0 Å². The molecule has 0 radical (unpaired) electrons. The lowest BCUT2D eigenvalue weighted by atomic mass is 10.4. The molecule has 0 aromatic heterocycles. The zero-order chi connectivity index (χ0) is 8.73. The first-order valence-electron chi connectivity index (χ1n) is 3.33. The lowest BCUT2D eigenvalue weighted by Crippen LogP contribution is -2.05. The summed E-state index contributed by atoms with van der Waals surface area (Å²) in [6.07, 6.45) is 0. The highest BCUT2D eigenvalue weighted by Gasteiger charge is 1.79. The SMILES string of the molecule is C.C.C=C(C)C.C=C(C)N(C)C. The third-order valence-electron chi connectivity index (χ3n) is 0.763. The molecular formula is C11H27N. The van der Waals surface area contributed by atoms with Gasteiger partial charge in [-0.05, 0) is 20.8 Å². The second-order valence-electron chi connectivity index (χ2n) is 2.84. The molecule has 0 amide bonds. The molecule has 12 heavy (non-hydrogen) atoms. The Labute approximate surface area is 79.8 Å². The number of nitrogens with zero attached hydrogens (tertiary/aromatic N) is 1. The quantitative estimate of drug-likeness (QED) is 0.543. The Hall–Kier alpha value is -0.720. The van der Waals surface area contributed by atoms with Crippen molar-refractivity contribution in [3.05, 3.63) is 24.4 Å². The Morgan fingerprint density at radius 3 is 1.00 bits per heavy atom. The first-order valence-corrected chi connectivity index (χ1v) is 3.33. The summed E-state index contributed by atoms with van der Waals surface area (Å²) in [5, 5.41) is 0. The van der Waals surface area contributed by atoms with Crippen LogP contribution < -0.4 is 0 Å². The molecule has 0 spiro atoms. The molecule has 0 unspecified atom stereocenters. The van der Waals surface area contributed by atoms with Crippen LogP contribution in [-0.4, -0.2) is 19.0 Å². The molecule has 0 bridgehead atoms. The van der Waals surface area contributed by atoms with E-state index in [-0.39, 0.29) is 14.9 Å². The van der Waals surface area contributed by atoms with Crippen LogP contribution in [0.3, 0.4) is 0 Å². The standard InChI is InChI=1S/C5H11N.C4H8.2CH4/c1-5(2)6(3)4;1-4(2)3;;/h1H2,2-4H3;1H2,2-3H3;2*1H4. The van der Waals surface area contributed by atoms with Crippen molar-refractivity contribution in [2.24, 2.45) is 0 Å². The first kappa shape index (κ1) is 22.5. The molecule has 0 rings (SSSR count). The first-order chi connectivity index (χ1) is 4.37. The van der Waals surface area contributed by atoms with Gasteiger partial charge in [0.1, 0.15) is 0 Å². The van der Waals surface area contributed by atoms with Crippen molar-refractivity contribution in [2.75, 3.05) is 14.1 Å². The topological polar surface area (TPSA) is 3.24 Å². The third kappa shape index (κ3) is 59.1. The van der Waals surface area contributed by atoms with Crippen LogP contribution in [0, 0.1) is 0 Å². The Balaban J connectivity index is -0.0000000483. The summed E-state index contributed by atoms with van der Waals surface area (Å²) in [6, 6.07) is 0. The molecule has 76 valence electrons. The van der Waals surface area contributed by atoms with Gasteiger partial charge in [0.15, 0.2) is 0 Å². The predicted molar refractivity (Wildman–Crippen MR) is 62.5 cm³/mol. The second-order valence-corrected chi connectivity index (χ2v) is 2.84. The van der Waals surface area contributed by atoms with E-state index in [1.54, 1.807) is 0 Å². The molecule has 0 atom stereocenters. The van der Waals surface area contributed by atoms with Crippen LogP contribution in [0.2, 0.25) is 0 Å². The Morgan fingerprint density at radius 2 is 1.00 bits per heavy atom. The lowest BCUT2D eigenvalue weighted by molar-refractivity contribution is 0.516. The van der Waals surface area contributed by atoms with Gasteiger partial charge in [0.2, 0.25) is 0 Å². The summed E-state index contributed by atoms with van der Waals surface area (Å²) in [4.78, 5) is 1.97. The van der Waals surface area contributed by atoms with Gasteiger partial charge in [-0.1, -0.05) is 27.0 Å². The Morgan fingerprint density at radius 1 is 0.917 bits per heavy atom. The molecule has 0 saturated carbocycles. The number of hydrogen-bond donors (Lipinski definition) is 0. The van der Waals surface area contributed by atoms with E-state index in [9.17, 15) is 0 Å². The zero-order valence-corrected chi connectivity index (χ0v) is 7.86. The van der Waals surface area contributed by atoms with E-state index in [2.05, 4.69) is 13.2 Å². The minimum Gasteiger partial charge on any atom is -0.382 e. The van der Waals surface area contributed by atoms with Crippen LogP contribution in [0.4, 0.5) is 0 Å². The number of allylic oxidation sites excluding steroid dienone is 2. The van der Waals surface area contributed by atoms with E-state index in [0.717, 1.165) is 5.70 Å². The number of hydrogen-bond acceptors (Lipinski definition) is 1. The van der Waals surface area contributed by atoms with Crippen molar-refractivity contribution in [3.63, 3.8) is 0 Å². The van der Waals surface area contributed by atoms with Crippen molar-refractivity contribution in [1.82, 2.24) is 4.90 Å². The average molecular weight is 173 g/mol. The normalized spacial score (nSPS) is 6.08.